The molecule has 9 nitrogen and oxygen atoms in total. The number of nitrogens with zero attached hydrogens (tertiary/aromatic N) is 5. The predicted octanol–water partition coefficient (Wildman–Crippen LogP) is 3.66. The molecule has 2 fully saturated rings. The van der Waals surface area contributed by atoms with Gasteiger partial charge in [0.1, 0.15) is 17.2 Å². The van der Waals surface area contributed by atoms with Crippen LogP contribution in [0.5, 0.6) is 0 Å². The van der Waals surface area contributed by atoms with Gasteiger partial charge in [-0.1, -0.05) is 5.16 Å². The van der Waals surface area contributed by atoms with Crippen molar-refractivity contribution in [1.82, 2.24) is 24.8 Å². The lowest BCUT2D eigenvalue weighted by Crippen LogP contribution is -2.43. The van der Waals surface area contributed by atoms with E-state index in [2.05, 4.69) is 30.7 Å². The number of nitrogens with one attached hydrogen (secondary N) is 2. The van der Waals surface area contributed by atoms with Gasteiger partial charge in [-0.05, 0) is 38.0 Å². The molecule has 0 spiro atoms. The minimum atomic E-state index is -0.269. The molecule has 1 aliphatic heterocycles. The molecule has 0 bridgehead atoms. The maximum Gasteiger partial charge on any atom is 0.230 e. The first-order valence-electron chi connectivity index (χ1n) is 11.8. The van der Waals surface area contributed by atoms with Crippen LogP contribution in [0.3, 0.4) is 0 Å². The Morgan fingerprint density at radius 1 is 1.23 bits per heavy atom. The Balaban J connectivity index is 0.000000145. The maximum atomic E-state index is 13.8. The number of imidazole rings is 1. The molecule has 35 heavy (non-hydrogen) atoms. The van der Waals surface area contributed by atoms with Gasteiger partial charge in [0.15, 0.2) is 6.29 Å². The van der Waals surface area contributed by atoms with Gasteiger partial charge >= 0.3 is 0 Å². The molecule has 10 heteroatoms. The van der Waals surface area contributed by atoms with E-state index in [1.165, 1.54) is 11.8 Å². The van der Waals surface area contributed by atoms with Crippen molar-refractivity contribution in [2.24, 2.45) is 0 Å². The maximum absolute atomic E-state index is 13.8. The first-order valence-corrected chi connectivity index (χ1v) is 11.8. The van der Waals surface area contributed by atoms with Gasteiger partial charge in [-0.15, -0.1) is 0 Å². The van der Waals surface area contributed by atoms with Crippen LogP contribution in [0.2, 0.25) is 0 Å². The number of halogens is 1. The number of hydrogen-bond donors (Lipinski definition) is 2. The van der Waals surface area contributed by atoms with Crippen molar-refractivity contribution in [3.05, 3.63) is 59.6 Å². The van der Waals surface area contributed by atoms with Crippen LogP contribution in [-0.4, -0.2) is 59.0 Å². The van der Waals surface area contributed by atoms with E-state index >= 15 is 0 Å². The monoisotopic (exact) mass is 477 g/mol. The number of aromatic nitrogens is 4. The summed E-state index contributed by atoms with van der Waals surface area (Å²) in [4.78, 5) is 21.7. The molecule has 3 aromatic heterocycles. The molecular weight excluding hydrogens is 449 g/mol. The van der Waals surface area contributed by atoms with Gasteiger partial charge in [0.05, 0.1) is 6.20 Å². The quantitative estimate of drug-likeness (QED) is 0.420. The molecule has 0 unspecified atom stereocenters. The summed E-state index contributed by atoms with van der Waals surface area (Å²) < 4.78 is 20.8. The first-order chi connectivity index (χ1) is 17.1. The van der Waals surface area contributed by atoms with Gasteiger partial charge in [-0.25, -0.2) is 9.37 Å². The predicted molar refractivity (Wildman–Crippen MR) is 132 cm³/mol. The molecule has 0 atom stereocenters. The summed E-state index contributed by atoms with van der Waals surface area (Å²) in [5.74, 6) is 1.25. The van der Waals surface area contributed by atoms with Gasteiger partial charge < -0.3 is 20.1 Å². The number of anilines is 2. The molecular formula is C25H28FN7O2. The van der Waals surface area contributed by atoms with E-state index in [1.54, 1.807) is 24.6 Å². The molecule has 1 saturated heterocycles. The number of rotatable bonds is 5. The standard InChI is InChI=1S/C13H14FN3O.C12H14N4O/c1-7-10(14)5-9(6-11(7)15-2)12-16-13(18-17-12)8-3-4-8;17-9-11-8-14-12-7-10(1-4-16(11)12)15-5-2-13-3-6-15/h5-6,8,15H,3-4H2,1-2H3;1,4,7-9,13H,2-3,5-6H2. The SMILES string of the molecule is CNc1cc(-c2noc(C3CC3)n2)cc(F)c1C.O=Cc1cnc2cc(N3CCNCC3)ccn12. The highest BCUT2D eigenvalue weighted by molar-refractivity contribution is 5.74. The Bertz CT molecular complexity index is 1340. The first kappa shape index (κ1) is 23.0. The van der Waals surface area contributed by atoms with Crippen molar-refractivity contribution in [2.75, 3.05) is 43.4 Å². The number of fused-ring (bicyclic) bond motifs is 1. The molecule has 4 heterocycles. The van der Waals surface area contributed by atoms with Crippen LogP contribution in [0, 0.1) is 12.7 Å². The van der Waals surface area contributed by atoms with Crippen LogP contribution in [0.1, 0.15) is 40.7 Å². The molecule has 1 saturated carbocycles. The smallest absolute Gasteiger partial charge is 0.230 e. The van der Waals surface area contributed by atoms with E-state index in [0.717, 1.165) is 56.6 Å². The molecule has 0 radical (unpaired) electrons. The fourth-order valence-corrected chi connectivity index (χ4v) is 4.11. The summed E-state index contributed by atoms with van der Waals surface area (Å²) >= 11 is 0. The van der Waals surface area contributed by atoms with E-state index < -0.39 is 0 Å². The average molecular weight is 478 g/mol. The molecule has 4 aromatic rings. The molecule has 1 aromatic carbocycles. The Kier molecular flexibility index (Phi) is 6.45. The van der Waals surface area contributed by atoms with Crippen LogP contribution in [-0.2, 0) is 0 Å². The zero-order valence-electron chi connectivity index (χ0n) is 19.8. The van der Waals surface area contributed by atoms with E-state index in [0.29, 0.717) is 34.5 Å². The van der Waals surface area contributed by atoms with E-state index in [1.807, 2.05) is 24.4 Å². The van der Waals surface area contributed by atoms with Crippen LogP contribution >= 0.6 is 0 Å². The Hall–Kier alpha value is -3.79. The summed E-state index contributed by atoms with van der Waals surface area (Å²) in [5.41, 5.74) is 4.55. The molecule has 1 aliphatic carbocycles. The van der Waals surface area contributed by atoms with Crippen molar-refractivity contribution in [3.8, 4) is 11.4 Å². The number of carbonyl (C=O) groups is 1. The van der Waals surface area contributed by atoms with Gasteiger partial charge in [0.25, 0.3) is 0 Å². The number of pyridine rings is 1. The second-order valence-corrected chi connectivity index (χ2v) is 8.76. The van der Waals surface area contributed by atoms with E-state index in [-0.39, 0.29) is 5.82 Å². The zero-order valence-corrected chi connectivity index (χ0v) is 19.8. The number of benzene rings is 1. The summed E-state index contributed by atoms with van der Waals surface area (Å²) in [6, 6.07) is 7.34. The Morgan fingerprint density at radius 2 is 2.03 bits per heavy atom. The summed E-state index contributed by atoms with van der Waals surface area (Å²) in [5, 5.41) is 10.2. The van der Waals surface area contributed by atoms with E-state index in [4.69, 9.17) is 4.52 Å². The van der Waals surface area contributed by atoms with Crippen LogP contribution < -0.4 is 15.5 Å². The third kappa shape index (κ3) is 4.88. The highest BCUT2D eigenvalue weighted by Crippen LogP contribution is 2.39. The second kappa shape index (κ2) is 9.83. The number of carbonyl (C=O) groups excluding carboxylic acids is 1. The average Bonchev–Trinajstić information content (AvgIpc) is 3.48. The topological polar surface area (TPSA) is 101 Å². The van der Waals surface area contributed by atoms with Crippen LogP contribution in [0.25, 0.3) is 17.0 Å². The summed E-state index contributed by atoms with van der Waals surface area (Å²) in [6.45, 7) is 5.78. The minimum Gasteiger partial charge on any atom is -0.388 e. The lowest BCUT2D eigenvalue weighted by Gasteiger charge is -2.29. The van der Waals surface area contributed by atoms with Crippen LogP contribution in [0.4, 0.5) is 15.8 Å². The van der Waals surface area contributed by atoms with Gasteiger partial charge in [-0.2, -0.15) is 4.98 Å². The normalized spacial score (nSPS) is 15.6. The molecule has 182 valence electrons. The fraction of sp³-hybridized carbons (Fsp3) is 0.360. The third-order valence-electron chi connectivity index (χ3n) is 6.37. The van der Waals surface area contributed by atoms with Gasteiger partial charge in [0.2, 0.25) is 11.7 Å². The van der Waals surface area contributed by atoms with Crippen LogP contribution in [0.15, 0.2) is 41.2 Å². The van der Waals surface area contributed by atoms with Gasteiger partial charge in [-0.3, -0.25) is 9.20 Å². The van der Waals surface area contributed by atoms with Crippen molar-refractivity contribution in [1.29, 1.82) is 0 Å². The number of aldehydes is 1. The molecule has 2 aliphatic rings. The van der Waals surface area contributed by atoms with Gasteiger partial charge in [0, 0.05) is 73.9 Å². The third-order valence-corrected chi connectivity index (χ3v) is 6.37. The van der Waals surface area contributed by atoms with Crippen molar-refractivity contribution >= 4 is 23.3 Å². The number of hydrogen-bond acceptors (Lipinski definition) is 8. The Labute approximate surface area is 202 Å². The molecule has 6 rings (SSSR count). The molecule has 0 amide bonds. The fourth-order valence-electron chi connectivity index (χ4n) is 4.11. The number of piperazine rings is 1. The highest BCUT2D eigenvalue weighted by Gasteiger charge is 2.30. The van der Waals surface area contributed by atoms with Crippen molar-refractivity contribution in [3.63, 3.8) is 0 Å². The molecule has 2 N–H and O–H groups in total. The highest BCUT2D eigenvalue weighted by atomic mass is 19.1. The lowest BCUT2D eigenvalue weighted by molar-refractivity contribution is 0.111. The summed E-state index contributed by atoms with van der Waals surface area (Å²) in [7, 11) is 1.76. The van der Waals surface area contributed by atoms with Crippen molar-refractivity contribution in [2.45, 2.75) is 25.7 Å². The van der Waals surface area contributed by atoms with Crippen molar-refractivity contribution < 1.29 is 13.7 Å². The zero-order chi connectivity index (χ0) is 24.4. The second-order valence-electron chi connectivity index (χ2n) is 8.76. The van der Waals surface area contributed by atoms with E-state index in [9.17, 15) is 9.18 Å². The largest absolute Gasteiger partial charge is 0.388 e. The minimum absolute atomic E-state index is 0.269. The lowest BCUT2D eigenvalue weighted by atomic mass is 10.1. The summed E-state index contributed by atoms with van der Waals surface area (Å²) in [6.07, 6.45) is 6.54. The Morgan fingerprint density at radius 3 is 2.74 bits per heavy atom.